The van der Waals surface area contributed by atoms with Gasteiger partial charge in [0.15, 0.2) is 0 Å². The molecule has 0 fully saturated rings. The summed E-state index contributed by atoms with van der Waals surface area (Å²) >= 11 is 0. The minimum absolute atomic E-state index is 0.0550. The van der Waals surface area contributed by atoms with Crippen LogP contribution in [0.25, 0.3) is 11.3 Å². The Kier molecular flexibility index (Phi) is 3.89. The van der Waals surface area contributed by atoms with E-state index in [1.165, 1.54) is 5.56 Å². The predicted octanol–water partition coefficient (Wildman–Crippen LogP) is 4.42. The molecular weight excluding hydrogens is 248 g/mol. The molecule has 2 N–H and O–H groups in total. The number of nitrogens with zero attached hydrogens (tertiary/aromatic N) is 1. The van der Waals surface area contributed by atoms with Gasteiger partial charge in [-0.1, -0.05) is 64.0 Å². The number of benzene rings is 1. The van der Waals surface area contributed by atoms with Gasteiger partial charge in [0.1, 0.15) is 5.69 Å². The SMILES string of the molecule is CC(C)Cc1c(-c2ccccc2C(C)(C)C)noc1N. The molecule has 0 unspecified atom stereocenters. The minimum atomic E-state index is 0.0550. The van der Waals surface area contributed by atoms with Crippen molar-refractivity contribution in [1.29, 1.82) is 0 Å². The number of nitrogen functional groups attached to an aromatic ring is 1. The summed E-state index contributed by atoms with van der Waals surface area (Å²) in [5, 5.41) is 4.21. The topological polar surface area (TPSA) is 52.0 Å². The second-order valence-electron chi connectivity index (χ2n) is 6.77. The van der Waals surface area contributed by atoms with Crippen molar-refractivity contribution in [2.24, 2.45) is 5.92 Å². The van der Waals surface area contributed by atoms with Gasteiger partial charge in [-0.25, -0.2) is 0 Å². The highest BCUT2D eigenvalue weighted by Crippen LogP contribution is 2.36. The van der Waals surface area contributed by atoms with Crippen molar-refractivity contribution in [1.82, 2.24) is 5.16 Å². The lowest BCUT2D eigenvalue weighted by Gasteiger charge is -2.22. The molecule has 0 aliphatic heterocycles. The molecule has 0 radical (unpaired) electrons. The van der Waals surface area contributed by atoms with E-state index in [1.807, 2.05) is 6.07 Å². The molecule has 0 aliphatic carbocycles. The quantitative estimate of drug-likeness (QED) is 0.899. The van der Waals surface area contributed by atoms with Crippen LogP contribution in [0, 0.1) is 5.92 Å². The minimum Gasteiger partial charge on any atom is -0.367 e. The van der Waals surface area contributed by atoms with E-state index in [0.717, 1.165) is 23.2 Å². The van der Waals surface area contributed by atoms with Crippen molar-refractivity contribution in [2.75, 3.05) is 5.73 Å². The van der Waals surface area contributed by atoms with Gasteiger partial charge in [-0.2, -0.15) is 0 Å². The van der Waals surface area contributed by atoms with Gasteiger partial charge < -0.3 is 10.3 Å². The molecule has 0 aliphatic rings. The Morgan fingerprint density at radius 1 is 1.20 bits per heavy atom. The summed E-state index contributed by atoms with van der Waals surface area (Å²) in [6.07, 6.45) is 0.878. The van der Waals surface area contributed by atoms with Crippen molar-refractivity contribution < 1.29 is 4.52 Å². The van der Waals surface area contributed by atoms with E-state index in [1.54, 1.807) is 0 Å². The maximum Gasteiger partial charge on any atom is 0.225 e. The molecule has 2 rings (SSSR count). The lowest BCUT2D eigenvalue weighted by Crippen LogP contribution is -2.13. The van der Waals surface area contributed by atoms with Gasteiger partial charge in [-0.3, -0.25) is 0 Å². The van der Waals surface area contributed by atoms with Gasteiger partial charge in [0.25, 0.3) is 0 Å². The van der Waals surface area contributed by atoms with Crippen molar-refractivity contribution >= 4 is 5.88 Å². The molecule has 108 valence electrons. The summed E-state index contributed by atoms with van der Waals surface area (Å²) < 4.78 is 5.25. The molecule has 20 heavy (non-hydrogen) atoms. The molecular formula is C17H24N2O. The normalized spacial score (nSPS) is 12.1. The summed E-state index contributed by atoms with van der Waals surface area (Å²) in [6, 6.07) is 8.35. The Morgan fingerprint density at radius 2 is 1.85 bits per heavy atom. The zero-order chi connectivity index (χ0) is 14.9. The Morgan fingerprint density at radius 3 is 2.45 bits per heavy atom. The van der Waals surface area contributed by atoms with Gasteiger partial charge in [0.2, 0.25) is 5.88 Å². The molecule has 2 aromatic rings. The average Bonchev–Trinajstić information content (AvgIpc) is 2.69. The van der Waals surface area contributed by atoms with Crippen LogP contribution < -0.4 is 5.73 Å². The van der Waals surface area contributed by atoms with Crippen LogP contribution in [0.5, 0.6) is 0 Å². The first kappa shape index (κ1) is 14.6. The molecule has 1 heterocycles. The maximum absolute atomic E-state index is 5.96. The van der Waals surface area contributed by atoms with E-state index >= 15 is 0 Å². The number of rotatable bonds is 3. The van der Waals surface area contributed by atoms with Gasteiger partial charge >= 0.3 is 0 Å². The summed E-state index contributed by atoms with van der Waals surface area (Å²) in [5.41, 5.74) is 10.3. The Hall–Kier alpha value is -1.77. The largest absolute Gasteiger partial charge is 0.367 e. The lowest BCUT2D eigenvalue weighted by atomic mass is 9.82. The maximum atomic E-state index is 5.96. The molecule has 0 bridgehead atoms. The fraction of sp³-hybridized carbons (Fsp3) is 0.471. The molecule has 3 nitrogen and oxygen atoms in total. The number of hydrogen-bond acceptors (Lipinski definition) is 3. The molecule has 0 saturated heterocycles. The van der Waals surface area contributed by atoms with Crippen molar-refractivity contribution in [2.45, 2.75) is 46.5 Å². The monoisotopic (exact) mass is 272 g/mol. The highest BCUT2D eigenvalue weighted by molar-refractivity contribution is 5.71. The highest BCUT2D eigenvalue weighted by atomic mass is 16.5. The molecule has 0 spiro atoms. The Labute approximate surface area is 121 Å². The molecule has 0 atom stereocenters. The number of hydrogen-bond donors (Lipinski definition) is 1. The van der Waals surface area contributed by atoms with Crippen molar-refractivity contribution in [3.63, 3.8) is 0 Å². The summed E-state index contributed by atoms with van der Waals surface area (Å²) in [4.78, 5) is 0. The fourth-order valence-electron chi connectivity index (χ4n) is 2.48. The number of nitrogens with two attached hydrogens (primary N) is 1. The van der Waals surface area contributed by atoms with Crippen LogP contribution in [0.2, 0.25) is 0 Å². The summed E-state index contributed by atoms with van der Waals surface area (Å²) in [5.74, 6) is 0.953. The van der Waals surface area contributed by atoms with E-state index in [-0.39, 0.29) is 5.41 Å². The number of aromatic nitrogens is 1. The third-order valence-corrected chi connectivity index (χ3v) is 3.42. The average molecular weight is 272 g/mol. The molecule has 1 aromatic heterocycles. The fourth-order valence-corrected chi connectivity index (χ4v) is 2.48. The Balaban J connectivity index is 2.58. The van der Waals surface area contributed by atoms with Gasteiger partial charge in [0.05, 0.1) is 0 Å². The molecule has 1 aromatic carbocycles. The van der Waals surface area contributed by atoms with Crippen LogP contribution in [0.4, 0.5) is 5.88 Å². The van der Waals surface area contributed by atoms with E-state index in [4.69, 9.17) is 10.3 Å². The number of anilines is 1. The summed E-state index contributed by atoms with van der Waals surface area (Å²) in [6.45, 7) is 11.0. The zero-order valence-electron chi connectivity index (χ0n) is 13.0. The molecule has 3 heteroatoms. The molecule has 0 saturated carbocycles. The first-order chi connectivity index (χ1) is 9.30. The van der Waals surface area contributed by atoms with Crippen LogP contribution in [0.3, 0.4) is 0 Å². The zero-order valence-corrected chi connectivity index (χ0v) is 13.0. The Bertz CT molecular complexity index is 591. The third-order valence-electron chi connectivity index (χ3n) is 3.42. The summed E-state index contributed by atoms with van der Waals surface area (Å²) in [7, 11) is 0. The van der Waals surface area contributed by atoms with Crippen LogP contribution >= 0.6 is 0 Å². The van der Waals surface area contributed by atoms with E-state index < -0.39 is 0 Å². The van der Waals surface area contributed by atoms with Gasteiger partial charge in [0, 0.05) is 11.1 Å². The van der Waals surface area contributed by atoms with E-state index in [9.17, 15) is 0 Å². The van der Waals surface area contributed by atoms with Crippen LogP contribution in [0.1, 0.15) is 45.7 Å². The van der Waals surface area contributed by atoms with Crippen molar-refractivity contribution in [3.05, 3.63) is 35.4 Å². The smallest absolute Gasteiger partial charge is 0.225 e. The van der Waals surface area contributed by atoms with Gasteiger partial charge in [-0.15, -0.1) is 0 Å². The first-order valence-electron chi connectivity index (χ1n) is 7.14. The second-order valence-corrected chi connectivity index (χ2v) is 6.77. The van der Waals surface area contributed by atoms with E-state index in [0.29, 0.717) is 11.8 Å². The first-order valence-corrected chi connectivity index (χ1v) is 7.14. The second kappa shape index (κ2) is 5.31. The molecule has 0 amide bonds. The predicted molar refractivity (Wildman–Crippen MR) is 83.6 cm³/mol. The van der Waals surface area contributed by atoms with Gasteiger partial charge in [-0.05, 0) is 23.3 Å². The lowest BCUT2D eigenvalue weighted by molar-refractivity contribution is 0.437. The van der Waals surface area contributed by atoms with Crippen LogP contribution in [-0.4, -0.2) is 5.16 Å². The van der Waals surface area contributed by atoms with E-state index in [2.05, 4.69) is 58.0 Å². The van der Waals surface area contributed by atoms with Crippen LogP contribution in [0.15, 0.2) is 28.8 Å². The van der Waals surface area contributed by atoms with Crippen LogP contribution in [-0.2, 0) is 11.8 Å². The highest BCUT2D eigenvalue weighted by Gasteiger charge is 2.23. The third kappa shape index (κ3) is 2.87. The standard InChI is InChI=1S/C17H24N2O/c1-11(2)10-13-15(19-20-16(13)18)12-8-6-7-9-14(12)17(3,4)5/h6-9,11H,10,18H2,1-5H3. The van der Waals surface area contributed by atoms with Crippen molar-refractivity contribution in [3.8, 4) is 11.3 Å².